The number of benzene rings is 1. The molecule has 0 fully saturated rings. The summed E-state index contributed by atoms with van der Waals surface area (Å²) in [7, 11) is 0. The zero-order chi connectivity index (χ0) is 11.5. The maximum absolute atomic E-state index is 5.83. The van der Waals surface area contributed by atoms with E-state index in [1.165, 1.54) is 0 Å². The Hall–Kier alpha value is -1.32. The number of rotatable bonds is 3. The van der Waals surface area contributed by atoms with Crippen molar-refractivity contribution in [2.45, 2.75) is 19.4 Å². The molecule has 0 aliphatic carbocycles. The molecule has 0 aliphatic rings. The highest BCUT2D eigenvalue weighted by molar-refractivity contribution is 6.30. The van der Waals surface area contributed by atoms with E-state index in [-0.39, 0.29) is 6.04 Å². The van der Waals surface area contributed by atoms with Gasteiger partial charge in [-0.2, -0.15) is 5.10 Å². The van der Waals surface area contributed by atoms with Crippen molar-refractivity contribution >= 4 is 11.6 Å². The molecule has 0 bridgehead atoms. The Morgan fingerprint density at radius 3 is 2.69 bits per heavy atom. The molecule has 84 valence electrons. The van der Waals surface area contributed by atoms with Crippen LogP contribution >= 0.6 is 11.6 Å². The van der Waals surface area contributed by atoms with Crippen molar-refractivity contribution in [3.8, 4) is 5.69 Å². The second-order valence-electron chi connectivity index (χ2n) is 3.95. The van der Waals surface area contributed by atoms with Gasteiger partial charge in [-0.1, -0.05) is 11.6 Å². The van der Waals surface area contributed by atoms with Gasteiger partial charge in [-0.25, -0.2) is 4.68 Å². The van der Waals surface area contributed by atoms with E-state index in [4.69, 9.17) is 17.3 Å². The maximum atomic E-state index is 5.83. The summed E-state index contributed by atoms with van der Waals surface area (Å²) >= 11 is 5.83. The molecule has 0 saturated carbocycles. The topological polar surface area (TPSA) is 43.8 Å². The molecule has 2 rings (SSSR count). The van der Waals surface area contributed by atoms with Crippen LogP contribution in [0.4, 0.5) is 0 Å². The van der Waals surface area contributed by atoms with Crippen LogP contribution in [0.25, 0.3) is 5.69 Å². The zero-order valence-corrected chi connectivity index (χ0v) is 9.85. The predicted octanol–water partition coefficient (Wildman–Crippen LogP) is 2.42. The predicted molar refractivity (Wildman–Crippen MR) is 65.9 cm³/mol. The van der Waals surface area contributed by atoms with Crippen LogP contribution in [0.3, 0.4) is 0 Å². The fourth-order valence-corrected chi connectivity index (χ4v) is 1.70. The Labute approximate surface area is 99.8 Å². The molecule has 0 saturated heterocycles. The van der Waals surface area contributed by atoms with Gasteiger partial charge in [0.15, 0.2) is 0 Å². The molecule has 2 aromatic rings. The quantitative estimate of drug-likeness (QED) is 0.888. The molecule has 1 atom stereocenters. The Balaban J connectivity index is 2.21. The Bertz CT molecular complexity index is 459. The average Bonchev–Trinajstić information content (AvgIpc) is 2.66. The summed E-state index contributed by atoms with van der Waals surface area (Å²) in [6, 6.07) is 7.73. The summed E-state index contributed by atoms with van der Waals surface area (Å²) in [4.78, 5) is 0. The van der Waals surface area contributed by atoms with Gasteiger partial charge < -0.3 is 5.73 Å². The van der Waals surface area contributed by atoms with E-state index in [0.717, 1.165) is 22.7 Å². The minimum absolute atomic E-state index is 0.155. The molecule has 0 amide bonds. The second-order valence-corrected chi connectivity index (χ2v) is 4.39. The summed E-state index contributed by atoms with van der Waals surface area (Å²) in [5.74, 6) is 0. The van der Waals surface area contributed by atoms with Crippen LogP contribution in [0.15, 0.2) is 36.7 Å². The van der Waals surface area contributed by atoms with Gasteiger partial charge in [0.05, 0.1) is 11.9 Å². The SMILES string of the molecule is CC(N)Cc1cnn(-c2ccc(Cl)cc2)c1. The molecule has 0 spiro atoms. The number of hydrogen-bond donors (Lipinski definition) is 1. The molecule has 16 heavy (non-hydrogen) atoms. The van der Waals surface area contributed by atoms with Crippen LogP contribution in [0.5, 0.6) is 0 Å². The molecule has 1 heterocycles. The van der Waals surface area contributed by atoms with Gasteiger partial charge in [0.25, 0.3) is 0 Å². The van der Waals surface area contributed by atoms with E-state index >= 15 is 0 Å². The van der Waals surface area contributed by atoms with Crippen molar-refractivity contribution in [1.29, 1.82) is 0 Å². The first kappa shape index (κ1) is 11.2. The van der Waals surface area contributed by atoms with Crippen LogP contribution in [-0.4, -0.2) is 15.8 Å². The van der Waals surface area contributed by atoms with Gasteiger partial charge >= 0.3 is 0 Å². The van der Waals surface area contributed by atoms with Gasteiger partial charge in [0, 0.05) is 17.3 Å². The van der Waals surface area contributed by atoms with Crippen molar-refractivity contribution in [3.63, 3.8) is 0 Å². The molecule has 1 unspecified atom stereocenters. The van der Waals surface area contributed by atoms with Crippen molar-refractivity contribution in [2.75, 3.05) is 0 Å². The summed E-state index contributed by atoms with van der Waals surface area (Å²) in [5.41, 5.74) is 7.88. The molecule has 0 radical (unpaired) electrons. The minimum atomic E-state index is 0.155. The van der Waals surface area contributed by atoms with Gasteiger partial charge in [0.2, 0.25) is 0 Å². The smallest absolute Gasteiger partial charge is 0.0646 e. The van der Waals surface area contributed by atoms with Gasteiger partial charge in [-0.15, -0.1) is 0 Å². The highest BCUT2D eigenvalue weighted by Gasteiger charge is 2.03. The number of hydrogen-bond acceptors (Lipinski definition) is 2. The molecule has 4 heteroatoms. The molecular formula is C12H14ClN3. The molecule has 2 N–H and O–H groups in total. The number of aromatic nitrogens is 2. The Morgan fingerprint density at radius 1 is 1.38 bits per heavy atom. The lowest BCUT2D eigenvalue weighted by atomic mass is 10.1. The highest BCUT2D eigenvalue weighted by Crippen LogP contribution is 2.13. The fraction of sp³-hybridized carbons (Fsp3) is 0.250. The average molecular weight is 236 g/mol. The molecule has 0 aliphatic heterocycles. The summed E-state index contributed by atoms with van der Waals surface area (Å²) < 4.78 is 1.83. The van der Waals surface area contributed by atoms with Crippen LogP contribution in [-0.2, 0) is 6.42 Å². The van der Waals surface area contributed by atoms with Gasteiger partial charge in [-0.05, 0) is 43.2 Å². The summed E-state index contributed by atoms with van der Waals surface area (Å²) in [6.07, 6.45) is 4.68. The molecule has 3 nitrogen and oxygen atoms in total. The minimum Gasteiger partial charge on any atom is -0.328 e. The third-order valence-electron chi connectivity index (χ3n) is 2.28. The maximum Gasteiger partial charge on any atom is 0.0646 e. The lowest BCUT2D eigenvalue weighted by molar-refractivity contribution is 0.738. The third-order valence-corrected chi connectivity index (χ3v) is 2.54. The van der Waals surface area contributed by atoms with Crippen molar-refractivity contribution in [1.82, 2.24) is 9.78 Å². The van der Waals surface area contributed by atoms with E-state index in [0.29, 0.717) is 0 Å². The van der Waals surface area contributed by atoms with Crippen molar-refractivity contribution in [2.24, 2.45) is 5.73 Å². The second kappa shape index (κ2) is 4.68. The van der Waals surface area contributed by atoms with Crippen LogP contribution in [0.2, 0.25) is 5.02 Å². The van der Waals surface area contributed by atoms with E-state index in [2.05, 4.69) is 5.10 Å². The molecular weight excluding hydrogens is 222 g/mol. The van der Waals surface area contributed by atoms with E-state index in [9.17, 15) is 0 Å². The molecule has 1 aromatic heterocycles. The van der Waals surface area contributed by atoms with Crippen molar-refractivity contribution < 1.29 is 0 Å². The number of halogens is 1. The normalized spacial score (nSPS) is 12.7. The van der Waals surface area contributed by atoms with E-state index < -0.39 is 0 Å². The van der Waals surface area contributed by atoms with E-state index in [1.807, 2.05) is 48.3 Å². The monoisotopic (exact) mass is 235 g/mol. The third kappa shape index (κ3) is 2.62. The fourth-order valence-electron chi connectivity index (χ4n) is 1.57. The lowest BCUT2D eigenvalue weighted by Gasteiger charge is -2.01. The standard InChI is InChI=1S/C12H14ClN3/c1-9(14)6-10-7-15-16(8-10)12-4-2-11(13)3-5-12/h2-5,7-9H,6,14H2,1H3. The zero-order valence-electron chi connectivity index (χ0n) is 9.10. The largest absolute Gasteiger partial charge is 0.328 e. The molecule has 1 aromatic carbocycles. The Kier molecular flexibility index (Phi) is 3.27. The summed E-state index contributed by atoms with van der Waals surface area (Å²) in [6.45, 7) is 1.99. The number of nitrogens with two attached hydrogens (primary N) is 1. The van der Waals surface area contributed by atoms with Crippen LogP contribution in [0.1, 0.15) is 12.5 Å². The van der Waals surface area contributed by atoms with Crippen LogP contribution in [0, 0.1) is 0 Å². The van der Waals surface area contributed by atoms with Crippen LogP contribution < -0.4 is 5.73 Å². The first-order valence-electron chi connectivity index (χ1n) is 5.20. The Morgan fingerprint density at radius 2 is 2.06 bits per heavy atom. The first-order chi connectivity index (χ1) is 7.65. The lowest BCUT2D eigenvalue weighted by Crippen LogP contribution is -2.17. The van der Waals surface area contributed by atoms with Gasteiger partial charge in [0.1, 0.15) is 0 Å². The first-order valence-corrected chi connectivity index (χ1v) is 5.58. The van der Waals surface area contributed by atoms with Gasteiger partial charge in [-0.3, -0.25) is 0 Å². The number of nitrogens with zero attached hydrogens (tertiary/aromatic N) is 2. The van der Waals surface area contributed by atoms with E-state index in [1.54, 1.807) is 0 Å². The summed E-state index contributed by atoms with van der Waals surface area (Å²) in [5, 5.41) is 5.02. The highest BCUT2D eigenvalue weighted by atomic mass is 35.5. The van der Waals surface area contributed by atoms with Crippen molar-refractivity contribution in [3.05, 3.63) is 47.2 Å².